The highest BCUT2D eigenvalue weighted by molar-refractivity contribution is 6.31. The Hall–Kier alpha value is -2.04. The molecule has 3 aromatic rings. The molecule has 0 amide bonds. The molecule has 4 nitrogen and oxygen atoms in total. The van der Waals surface area contributed by atoms with E-state index in [9.17, 15) is 0 Å². The van der Waals surface area contributed by atoms with Crippen LogP contribution in [0.4, 0.5) is 0 Å². The van der Waals surface area contributed by atoms with Crippen molar-refractivity contribution in [3.05, 3.63) is 58.9 Å². The molecule has 1 heterocycles. The van der Waals surface area contributed by atoms with E-state index in [4.69, 9.17) is 21.3 Å². The fourth-order valence-electron chi connectivity index (χ4n) is 3.36. The number of aryl methyl sites for hydroxylation is 2. The summed E-state index contributed by atoms with van der Waals surface area (Å²) >= 11 is 6.17. The zero-order valence-electron chi connectivity index (χ0n) is 16.4. The lowest BCUT2D eigenvalue weighted by molar-refractivity contribution is 0.279. The van der Waals surface area contributed by atoms with E-state index in [1.54, 1.807) is 0 Å². The summed E-state index contributed by atoms with van der Waals surface area (Å²) in [5.74, 6) is 1.81. The van der Waals surface area contributed by atoms with Gasteiger partial charge in [-0.1, -0.05) is 37.6 Å². The van der Waals surface area contributed by atoms with Crippen LogP contribution in [0.1, 0.15) is 31.7 Å². The van der Waals surface area contributed by atoms with Crippen molar-refractivity contribution in [2.45, 2.75) is 40.3 Å². The normalized spacial score (nSPS) is 11.4. The Balaban J connectivity index is 1.79. The van der Waals surface area contributed by atoms with Crippen LogP contribution in [0, 0.1) is 6.92 Å². The maximum absolute atomic E-state index is 6.17. The molecule has 0 saturated heterocycles. The predicted octanol–water partition coefficient (Wildman–Crippen LogP) is 5.31. The highest BCUT2D eigenvalue weighted by atomic mass is 35.5. The molecule has 0 fully saturated rings. The summed E-state index contributed by atoms with van der Waals surface area (Å²) in [5.41, 5.74) is 3.22. The Kier molecular flexibility index (Phi) is 6.75. The third-order valence-electron chi connectivity index (χ3n) is 4.90. The molecule has 0 saturated carbocycles. The Morgan fingerprint density at radius 2 is 1.93 bits per heavy atom. The molecule has 2 aromatic carbocycles. The minimum Gasteiger partial charge on any atom is -0.486 e. The van der Waals surface area contributed by atoms with E-state index in [0.29, 0.717) is 11.6 Å². The summed E-state index contributed by atoms with van der Waals surface area (Å²) in [6.07, 6.45) is 1.08. The van der Waals surface area contributed by atoms with Gasteiger partial charge in [-0.05, 0) is 68.9 Å². The van der Waals surface area contributed by atoms with Gasteiger partial charge in [0.15, 0.2) is 0 Å². The predicted molar refractivity (Wildman–Crippen MR) is 113 cm³/mol. The third kappa shape index (κ3) is 5.02. The molecule has 0 N–H and O–H groups in total. The monoisotopic (exact) mass is 385 g/mol. The summed E-state index contributed by atoms with van der Waals surface area (Å²) in [7, 11) is 0. The van der Waals surface area contributed by atoms with Gasteiger partial charge in [-0.25, -0.2) is 4.98 Å². The van der Waals surface area contributed by atoms with Crippen LogP contribution in [0.25, 0.3) is 11.0 Å². The SMILES string of the molecule is CCN(CC)CCCn1c(COc2cccc(C)c2)nc2cc(Cl)ccc21. The first-order chi connectivity index (χ1) is 13.1. The van der Waals surface area contributed by atoms with E-state index in [2.05, 4.69) is 42.4 Å². The van der Waals surface area contributed by atoms with Crippen molar-refractivity contribution in [2.24, 2.45) is 0 Å². The molecule has 0 radical (unpaired) electrons. The van der Waals surface area contributed by atoms with Gasteiger partial charge in [0, 0.05) is 11.6 Å². The van der Waals surface area contributed by atoms with Gasteiger partial charge in [-0.2, -0.15) is 0 Å². The average Bonchev–Trinajstić information content (AvgIpc) is 3.00. The molecule has 0 aliphatic rings. The van der Waals surface area contributed by atoms with Gasteiger partial charge in [-0.3, -0.25) is 0 Å². The standard InChI is InChI=1S/C22H28ClN3O/c1-4-25(5-2)12-7-13-26-21-11-10-18(23)15-20(21)24-22(26)16-27-19-9-6-8-17(3)14-19/h6,8-11,14-15H,4-5,7,12-13,16H2,1-3H3. The molecule has 0 spiro atoms. The van der Waals surface area contributed by atoms with E-state index in [1.807, 2.05) is 30.3 Å². The summed E-state index contributed by atoms with van der Waals surface area (Å²) in [5, 5.41) is 0.710. The number of hydrogen-bond donors (Lipinski definition) is 0. The molecule has 0 bridgehead atoms. The number of imidazole rings is 1. The maximum atomic E-state index is 6.17. The minimum absolute atomic E-state index is 0.445. The number of ether oxygens (including phenoxy) is 1. The number of nitrogens with zero attached hydrogens (tertiary/aromatic N) is 3. The Morgan fingerprint density at radius 1 is 1.11 bits per heavy atom. The molecule has 27 heavy (non-hydrogen) atoms. The zero-order chi connectivity index (χ0) is 19.2. The average molecular weight is 386 g/mol. The van der Waals surface area contributed by atoms with E-state index in [0.717, 1.165) is 55.2 Å². The van der Waals surface area contributed by atoms with Crippen LogP contribution in [0.5, 0.6) is 5.75 Å². The smallest absolute Gasteiger partial charge is 0.147 e. The van der Waals surface area contributed by atoms with Crippen molar-refractivity contribution in [3.63, 3.8) is 0 Å². The van der Waals surface area contributed by atoms with Gasteiger partial charge in [0.05, 0.1) is 11.0 Å². The first-order valence-electron chi connectivity index (χ1n) is 9.67. The van der Waals surface area contributed by atoms with E-state index >= 15 is 0 Å². The largest absolute Gasteiger partial charge is 0.486 e. The number of aromatic nitrogens is 2. The van der Waals surface area contributed by atoms with Crippen LogP contribution in [-0.4, -0.2) is 34.1 Å². The third-order valence-corrected chi connectivity index (χ3v) is 5.13. The van der Waals surface area contributed by atoms with Crippen molar-refractivity contribution in [1.82, 2.24) is 14.5 Å². The van der Waals surface area contributed by atoms with Crippen LogP contribution in [0.15, 0.2) is 42.5 Å². The zero-order valence-corrected chi connectivity index (χ0v) is 17.2. The number of halogens is 1. The Labute approximate surface area is 166 Å². The summed E-state index contributed by atoms with van der Waals surface area (Å²) in [6, 6.07) is 14.0. The number of benzene rings is 2. The lowest BCUT2D eigenvalue weighted by Crippen LogP contribution is -2.25. The molecular formula is C22H28ClN3O. The lowest BCUT2D eigenvalue weighted by Gasteiger charge is -2.18. The Bertz CT molecular complexity index is 886. The summed E-state index contributed by atoms with van der Waals surface area (Å²) in [6.45, 7) is 11.1. The number of hydrogen-bond acceptors (Lipinski definition) is 3. The molecule has 0 aliphatic carbocycles. The number of fused-ring (bicyclic) bond motifs is 1. The second-order valence-corrected chi connectivity index (χ2v) is 7.23. The van der Waals surface area contributed by atoms with Crippen LogP contribution in [-0.2, 0) is 13.2 Å². The van der Waals surface area contributed by atoms with Crippen LogP contribution in [0.2, 0.25) is 5.02 Å². The molecule has 0 aliphatic heterocycles. The molecule has 3 rings (SSSR count). The van der Waals surface area contributed by atoms with Crippen LogP contribution < -0.4 is 4.74 Å². The fourth-order valence-corrected chi connectivity index (χ4v) is 3.52. The van der Waals surface area contributed by atoms with E-state index < -0.39 is 0 Å². The molecule has 144 valence electrons. The first kappa shape index (κ1) is 19.7. The van der Waals surface area contributed by atoms with Gasteiger partial charge in [0.25, 0.3) is 0 Å². The quantitative estimate of drug-likeness (QED) is 0.500. The molecular weight excluding hydrogens is 358 g/mol. The summed E-state index contributed by atoms with van der Waals surface area (Å²) in [4.78, 5) is 7.23. The number of rotatable bonds is 9. The lowest BCUT2D eigenvalue weighted by atomic mass is 10.2. The highest BCUT2D eigenvalue weighted by Crippen LogP contribution is 2.22. The van der Waals surface area contributed by atoms with E-state index in [1.165, 1.54) is 5.56 Å². The second-order valence-electron chi connectivity index (χ2n) is 6.80. The molecule has 0 unspecified atom stereocenters. The first-order valence-corrected chi connectivity index (χ1v) is 10.0. The van der Waals surface area contributed by atoms with Crippen LogP contribution >= 0.6 is 11.6 Å². The maximum Gasteiger partial charge on any atom is 0.147 e. The van der Waals surface area contributed by atoms with Crippen molar-refractivity contribution >= 4 is 22.6 Å². The van der Waals surface area contributed by atoms with E-state index in [-0.39, 0.29) is 0 Å². The minimum atomic E-state index is 0.445. The van der Waals surface area contributed by atoms with Gasteiger partial charge in [0.1, 0.15) is 18.2 Å². The second kappa shape index (κ2) is 9.25. The van der Waals surface area contributed by atoms with Crippen molar-refractivity contribution in [2.75, 3.05) is 19.6 Å². The van der Waals surface area contributed by atoms with Crippen molar-refractivity contribution in [3.8, 4) is 5.75 Å². The van der Waals surface area contributed by atoms with Gasteiger partial charge in [-0.15, -0.1) is 0 Å². The van der Waals surface area contributed by atoms with Crippen LogP contribution in [0.3, 0.4) is 0 Å². The van der Waals surface area contributed by atoms with Gasteiger partial charge in [0.2, 0.25) is 0 Å². The molecule has 5 heteroatoms. The van der Waals surface area contributed by atoms with Gasteiger partial charge >= 0.3 is 0 Å². The summed E-state index contributed by atoms with van der Waals surface area (Å²) < 4.78 is 8.29. The topological polar surface area (TPSA) is 30.3 Å². The molecule has 0 atom stereocenters. The molecule has 1 aromatic heterocycles. The fraction of sp³-hybridized carbons (Fsp3) is 0.409. The van der Waals surface area contributed by atoms with Crippen molar-refractivity contribution in [1.29, 1.82) is 0 Å². The Morgan fingerprint density at radius 3 is 2.67 bits per heavy atom. The van der Waals surface area contributed by atoms with Crippen molar-refractivity contribution < 1.29 is 4.74 Å². The highest BCUT2D eigenvalue weighted by Gasteiger charge is 2.12. The van der Waals surface area contributed by atoms with Gasteiger partial charge < -0.3 is 14.2 Å².